The molecule has 19 heavy (non-hydrogen) atoms. The molecule has 0 aliphatic carbocycles. The summed E-state index contributed by atoms with van der Waals surface area (Å²) in [5.74, 6) is 0.480. The highest BCUT2D eigenvalue weighted by Crippen LogP contribution is 2.30. The van der Waals surface area contributed by atoms with Gasteiger partial charge in [0.15, 0.2) is 0 Å². The molecule has 0 aromatic heterocycles. The van der Waals surface area contributed by atoms with E-state index in [4.69, 9.17) is 9.47 Å². The molecule has 1 aliphatic heterocycles. The lowest BCUT2D eigenvalue weighted by Crippen LogP contribution is -2.43. The van der Waals surface area contributed by atoms with E-state index in [-0.39, 0.29) is 11.9 Å². The van der Waals surface area contributed by atoms with E-state index in [0.717, 1.165) is 31.9 Å². The van der Waals surface area contributed by atoms with Gasteiger partial charge in [-0.15, -0.1) is 0 Å². The summed E-state index contributed by atoms with van der Waals surface area (Å²) in [4.78, 5) is 2.15. The largest absolute Gasteiger partial charge is 0.486 e. The zero-order valence-corrected chi connectivity index (χ0v) is 11.5. The molecule has 0 spiro atoms. The van der Waals surface area contributed by atoms with Gasteiger partial charge < -0.3 is 19.7 Å². The van der Waals surface area contributed by atoms with E-state index >= 15 is 0 Å². The van der Waals surface area contributed by atoms with Crippen molar-refractivity contribution in [2.24, 2.45) is 0 Å². The second kappa shape index (κ2) is 6.73. The molecule has 0 saturated carbocycles. The molecule has 2 rings (SSSR count). The van der Waals surface area contributed by atoms with E-state index in [1.165, 1.54) is 6.07 Å². The molecular weight excluding hydrogens is 247 g/mol. The van der Waals surface area contributed by atoms with Crippen LogP contribution in [0.2, 0.25) is 0 Å². The van der Waals surface area contributed by atoms with Gasteiger partial charge in [0, 0.05) is 39.4 Å². The van der Waals surface area contributed by atoms with Gasteiger partial charge >= 0.3 is 0 Å². The van der Waals surface area contributed by atoms with Crippen LogP contribution in [0.5, 0.6) is 5.75 Å². The van der Waals surface area contributed by atoms with E-state index in [9.17, 15) is 4.39 Å². The molecule has 0 amide bonds. The number of piperazine rings is 1. The minimum Gasteiger partial charge on any atom is -0.486 e. The monoisotopic (exact) mass is 268 g/mol. The fourth-order valence-electron chi connectivity index (χ4n) is 2.23. The van der Waals surface area contributed by atoms with Crippen molar-refractivity contribution in [2.45, 2.75) is 13.0 Å². The number of rotatable bonds is 5. The third-order valence-corrected chi connectivity index (χ3v) is 3.11. The van der Waals surface area contributed by atoms with Crippen molar-refractivity contribution in [3.05, 3.63) is 24.0 Å². The fraction of sp³-hybridized carbons (Fsp3) is 0.571. The van der Waals surface area contributed by atoms with Crippen molar-refractivity contribution in [3.63, 3.8) is 0 Å². The first-order chi connectivity index (χ1) is 9.20. The number of nitrogens with one attached hydrogen (secondary N) is 1. The van der Waals surface area contributed by atoms with Crippen LogP contribution in [0.1, 0.15) is 6.92 Å². The van der Waals surface area contributed by atoms with Crippen LogP contribution >= 0.6 is 0 Å². The number of halogens is 1. The number of anilines is 1. The molecule has 0 bridgehead atoms. The van der Waals surface area contributed by atoms with Gasteiger partial charge in [-0.3, -0.25) is 0 Å². The van der Waals surface area contributed by atoms with Crippen molar-refractivity contribution in [2.75, 3.05) is 44.8 Å². The Morgan fingerprint density at radius 1 is 1.37 bits per heavy atom. The molecular formula is C14H21FN2O2. The third-order valence-electron chi connectivity index (χ3n) is 3.11. The number of nitrogens with zero attached hydrogens (tertiary/aromatic N) is 1. The zero-order chi connectivity index (χ0) is 13.7. The molecule has 1 atom stereocenters. The molecule has 5 heteroatoms. The molecule has 1 aromatic rings. The SMILES string of the molecule is COCC(C)Oc1ccc(F)cc1N1CCNCC1. The molecule has 1 heterocycles. The maximum absolute atomic E-state index is 13.5. The predicted octanol–water partition coefficient (Wildman–Crippen LogP) is 1.65. The van der Waals surface area contributed by atoms with Crippen LogP contribution in [0.15, 0.2) is 18.2 Å². The summed E-state index contributed by atoms with van der Waals surface area (Å²) in [6.45, 7) is 5.98. The minimum absolute atomic E-state index is 0.0582. The molecule has 0 radical (unpaired) electrons. The maximum Gasteiger partial charge on any atom is 0.143 e. The molecule has 1 aliphatic rings. The van der Waals surface area contributed by atoms with Crippen LogP contribution in [0.25, 0.3) is 0 Å². The Morgan fingerprint density at radius 2 is 2.11 bits per heavy atom. The molecule has 1 fully saturated rings. The Hall–Kier alpha value is -1.33. The van der Waals surface area contributed by atoms with Gasteiger partial charge in [0.2, 0.25) is 0 Å². The average Bonchev–Trinajstić information content (AvgIpc) is 2.42. The first kappa shape index (κ1) is 14.1. The summed E-state index contributed by atoms with van der Waals surface area (Å²) in [5, 5.41) is 3.28. The maximum atomic E-state index is 13.5. The fourth-order valence-corrected chi connectivity index (χ4v) is 2.23. The summed E-state index contributed by atoms with van der Waals surface area (Å²) in [5.41, 5.74) is 0.824. The number of benzene rings is 1. The summed E-state index contributed by atoms with van der Waals surface area (Å²) in [7, 11) is 1.64. The molecule has 106 valence electrons. The van der Waals surface area contributed by atoms with Crippen molar-refractivity contribution < 1.29 is 13.9 Å². The normalized spacial score (nSPS) is 17.3. The Kier molecular flexibility index (Phi) is 4.99. The molecule has 1 saturated heterocycles. The van der Waals surface area contributed by atoms with Crippen molar-refractivity contribution >= 4 is 5.69 Å². The first-order valence-electron chi connectivity index (χ1n) is 6.61. The first-order valence-corrected chi connectivity index (χ1v) is 6.61. The molecule has 4 nitrogen and oxygen atoms in total. The van der Waals surface area contributed by atoms with Crippen molar-refractivity contribution in [1.29, 1.82) is 0 Å². The van der Waals surface area contributed by atoms with Gasteiger partial charge in [-0.05, 0) is 19.1 Å². The van der Waals surface area contributed by atoms with Crippen LogP contribution in [0.4, 0.5) is 10.1 Å². The van der Waals surface area contributed by atoms with Crippen molar-refractivity contribution in [3.8, 4) is 5.75 Å². The van der Waals surface area contributed by atoms with Crippen LogP contribution in [-0.4, -0.2) is 46.0 Å². The van der Waals surface area contributed by atoms with Gasteiger partial charge in [-0.1, -0.05) is 0 Å². The lowest BCUT2D eigenvalue weighted by atomic mass is 10.2. The lowest BCUT2D eigenvalue weighted by Gasteiger charge is -2.31. The Balaban J connectivity index is 2.16. The zero-order valence-electron chi connectivity index (χ0n) is 11.5. The third kappa shape index (κ3) is 3.81. The lowest BCUT2D eigenvalue weighted by molar-refractivity contribution is 0.0922. The van der Waals surface area contributed by atoms with Gasteiger partial charge in [-0.2, -0.15) is 0 Å². The molecule has 1 N–H and O–H groups in total. The van der Waals surface area contributed by atoms with E-state index in [1.807, 2.05) is 6.92 Å². The van der Waals surface area contributed by atoms with Gasteiger partial charge in [0.1, 0.15) is 17.7 Å². The highest BCUT2D eigenvalue weighted by atomic mass is 19.1. The Morgan fingerprint density at radius 3 is 2.79 bits per heavy atom. The average molecular weight is 268 g/mol. The van der Waals surface area contributed by atoms with Gasteiger partial charge in [-0.25, -0.2) is 4.39 Å². The topological polar surface area (TPSA) is 33.7 Å². The van der Waals surface area contributed by atoms with Gasteiger partial charge in [0.05, 0.1) is 12.3 Å². The predicted molar refractivity (Wildman–Crippen MR) is 73.4 cm³/mol. The summed E-state index contributed by atoms with van der Waals surface area (Å²) >= 11 is 0. The smallest absolute Gasteiger partial charge is 0.143 e. The highest BCUT2D eigenvalue weighted by Gasteiger charge is 2.17. The Labute approximate surface area is 113 Å². The number of hydrogen-bond acceptors (Lipinski definition) is 4. The van der Waals surface area contributed by atoms with E-state index in [0.29, 0.717) is 12.4 Å². The summed E-state index contributed by atoms with van der Waals surface area (Å²) < 4.78 is 24.4. The minimum atomic E-state index is -0.236. The molecule has 1 unspecified atom stereocenters. The van der Waals surface area contributed by atoms with E-state index in [1.54, 1.807) is 19.2 Å². The standard InChI is InChI=1S/C14H21FN2O2/c1-11(10-18-2)19-14-4-3-12(15)9-13(14)17-7-5-16-6-8-17/h3-4,9,11,16H,5-8,10H2,1-2H3. The summed E-state index contributed by atoms with van der Waals surface area (Å²) in [6.07, 6.45) is -0.0582. The van der Waals surface area contributed by atoms with Gasteiger partial charge in [0.25, 0.3) is 0 Å². The second-order valence-electron chi connectivity index (χ2n) is 4.73. The number of ether oxygens (including phenoxy) is 2. The van der Waals surface area contributed by atoms with Crippen LogP contribution < -0.4 is 15.0 Å². The Bertz CT molecular complexity index is 408. The number of methoxy groups -OCH3 is 1. The van der Waals surface area contributed by atoms with Crippen LogP contribution in [0, 0.1) is 5.82 Å². The van der Waals surface area contributed by atoms with Crippen LogP contribution in [-0.2, 0) is 4.74 Å². The van der Waals surface area contributed by atoms with Crippen molar-refractivity contribution in [1.82, 2.24) is 5.32 Å². The highest BCUT2D eigenvalue weighted by molar-refractivity contribution is 5.59. The molecule has 1 aromatic carbocycles. The quantitative estimate of drug-likeness (QED) is 0.880. The summed E-state index contributed by atoms with van der Waals surface area (Å²) in [6, 6.07) is 4.67. The number of hydrogen-bond donors (Lipinski definition) is 1. The second-order valence-corrected chi connectivity index (χ2v) is 4.73. The van der Waals surface area contributed by atoms with E-state index < -0.39 is 0 Å². The van der Waals surface area contributed by atoms with E-state index in [2.05, 4.69) is 10.2 Å². The van der Waals surface area contributed by atoms with Crippen LogP contribution in [0.3, 0.4) is 0 Å².